The molecule has 4 nitrogen and oxygen atoms in total. The molecule has 0 aliphatic rings. The molecule has 0 aliphatic carbocycles. The van der Waals surface area contributed by atoms with Crippen molar-refractivity contribution in [3.05, 3.63) is 17.3 Å². The molecule has 0 aromatic carbocycles. The van der Waals surface area contributed by atoms with Crippen molar-refractivity contribution in [3.63, 3.8) is 0 Å². The number of nitrogens with zero attached hydrogens (tertiary/aromatic N) is 1. The standard InChI is InChI=1S/C12H16F3NO3/c1-4-18-11(17)10-8(5-7(2)3)16-9(19-10)6-12(13,14)15/h7H,4-6H2,1-3H3. The number of ether oxygens (including phenoxy) is 1. The Morgan fingerprint density at radius 2 is 2.05 bits per heavy atom. The first-order valence-electron chi connectivity index (χ1n) is 5.95. The predicted molar refractivity (Wildman–Crippen MR) is 60.8 cm³/mol. The van der Waals surface area contributed by atoms with Gasteiger partial charge >= 0.3 is 12.1 Å². The summed E-state index contributed by atoms with van der Waals surface area (Å²) in [5, 5.41) is 0. The van der Waals surface area contributed by atoms with Crippen LogP contribution in [0.5, 0.6) is 0 Å². The van der Waals surface area contributed by atoms with Crippen LogP contribution in [0.25, 0.3) is 0 Å². The number of esters is 1. The van der Waals surface area contributed by atoms with E-state index in [0.717, 1.165) is 0 Å². The van der Waals surface area contributed by atoms with Crippen LogP contribution in [-0.2, 0) is 17.6 Å². The van der Waals surface area contributed by atoms with Gasteiger partial charge in [-0.3, -0.25) is 0 Å². The maximum Gasteiger partial charge on any atom is 0.397 e. The molecule has 0 aliphatic heterocycles. The van der Waals surface area contributed by atoms with Gasteiger partial charge in [0.15, 0.2) is 0 Å². The summed E-state index contributed by atoms with van der Waals surface area (Å²) in [5.74, 6) is -1.38. The molecule has 0 unspecified atom stereocenters. The van der Waals surface area contributed by atoms with Crippen molar-refractivity contribution in [2.75, 3.05) is 6.61 Å². The monoisotopic (exact) mass is 279 g/mol. The molecule has 0 saturated heterocycles. The van der Waals surface area contributed by atoms with Crippen molar-refractivity contribution in [1.29, 1.82) is 0 Å². The maximum absolute atomic E-state index is 12.3. The molecule has 1 aromatic rings. The molecule has 108 valence electrons. The molecule has 0 amide bonds. The van der Waals surface area contributed by atoms with Crippen LogP contribution >= 0.6 is 0 Å². The van der Waals surface area contributed by atoms with Crippen molar-refractivity contribution in [2.24, 2.45) is 5.92 Å². The van der Waals surface area contributed by atoms with E-state index in [2.05, 4.69) is 4.98 Å². The highest BCUT2D eigenvalue weighted by atomic mass is 19.4. The minimum Gasteiger partial charge on any atom is -0.460 e. The van der Waals surface area contributed by atoms with E-state index in [-0.39, 0.29) is 24.0 Å². The molecular formula is C12H16F3NO3. The zero-order valence-corrected chi connectivity index (χ0v) is 11.0. The molecule has 19 heavy (non-hydrogen) atoms. The zero-order valence-electron chi connectivity index (χ0n) is 11.0. The highest BCUT2D eigenvalue weighted by Crippen LogP contribution is 2.24. The molecular weight excluding hydrogens is 263 g/mol. The van der Waals surface area contributed by atoms with Gasteiger partial charge < -0.3 is 9.15 Å². The number of oxazole rings is 1. The quantitative estimate of drug-likeness (QED) is 0.777. The predicted octanol–water partition coefficient (Wildman–Crippen LogP) is 3.15. The van der Waals surface area contributed by atoms with Gasteiger partial charge in [-0.2, -0.15) is 13.2 Å². The number of aromatic nitrogens is 1. The number of carbonyl (C=O) groups excluding carboxylic acids is 1. The Kier molecular flexibility index (Phi) is 4.97. The number of rotatable bonds is 5. The van der Waals surface area contributed by atoms with Crippen LogP contribution in [0.1, 0.15) is 42.9 Å². The summed E-state index contributed by atoms with van der Waals surface area (Å²) < 4.78 is 46.5. The van der Waals surface area contributed by atoms with Gasteiger partial charge in [-0.05, 0) is 19.3 Å². The van der Waals surface area contributed by atoms with Gasteiger partial charge in [-0.15, -0.1) is 0 Å². The van der Waals surface area contributed by atoms with Gasteiger partial charge in [0.2, 0.25) is 11.7 Å². The molecule has 0 radical (unpaired) electrons. The van der Waals surface area contributed by atoms with Crippen molar-refractivity contribution < 1.29 is 27.1 Å². The molecule has 1 aromatic heterocycles. The Balaban J connectivity index is 3.01. The van der Waals surface area contributed by atoms with Crippen molar-refractivity contribution >= 4 is 5.97 Å². The van der Waals surface area contributed by atoms with E-state index in [1.54, 1.807) is 6.92 Å². The van der Waals surface area contributed by atoms with E-state index in [4.69, 9.17) is 9.15 Å². The van der Waals surface area contributed by atoms with Gasteiger partial charge in [-0.25, -0.2) is 9.78 Å². The van der Waals surface area contributed by atoms with Crippen LogP contribution in [0.3, 0.4) is 0 Å². The maximum atomic E-state index is 12.3. The highest BCUT2D eigenvalue weighted by molar-refractivity contribution is 5.87. The third kappa shape index (κ3) is 4.92. The number of carbonyl (C=O) groups is 1. The number of hydrogen-bond acceptors (Lipinski definition) is 4. The molecule has 0 N–H and O–H groups in total. The second-order valence-electron chi connectivity index (χ2n) is 4.49. The fourth-order valence-electron chi connectivity index (χ4n) is 1.53. The Hall–Kier alpha value is -1.53. The fraction of sp³-hybridized carbons (Fsp3) is 0.667. The first-order chi connectivity index (χ1) is 8.73. The topological polar surface area (TPSA) is 52.3 Å². The lowest BCUT2D eigenvalue weighted by atomic mass is 10.1. The summed E-state index contributed by atoms with van der Waals surface area (Å²) in [6.45, 7) is 5.46. The van der Waals surface area contributed by atoms with E-state index in [1.807, 2.05) is 13.8 Å². The van der Waals surface area contributed by atoms with Crippen LogP contribution in [-0.4, -0.2) is 23.7 Å². The van der Waals surface area contributed by atoms with Crippen LogP contribution in [0, 0.1) is 5.92 Å². The molecule has 0 spiro atoms. The van der Waals surface area contributed by atoms with Gasteiger partial charge in [0.1, 0.15) is 6.42 Å². The molecule has 0 atom stereocenters. The van der Waals surface area contributed by atoms with Crippen LogP contribution in [0.4, 0.5) is 13.2 Å². The van der Waals surface area contributed by atoms with Crippen LogP contribution in [0.15, 0.2) is 4.42 Å². The van der Waals surface area contributed by atoms with Crippen LogP contribution < -0.4 is 0 Å². The molecule has 7 heteroatoms. The smallest absolute Gasteiger partial charge is 0.397 e. The fourth-order valence-corrected chi connectivity index (χ4v) is 1.53. The van der Waals surface area contributed by atoms with Crippen molar-refractivity contribution in [1.82, 2.24) is 4.98 Å². The number of hydrogen-bond donors (Lipinski definition) is 0. The number of halogens is 3. The Bertz CT molecular complexity index is 438. The summed E-state index contributed by atoms with van der Waals surface area (Å²) in [7, 11) is 0. The minimum atomic E-state index is -4.42. The Morgan fingerprint density at radius 3 is 2.53 bits per heavy atom. The first-order valence-corrected chi connectivity index (χ1v) is 5.95. The summed E-state index contributed by atoms with van der Waals surface area (Å²) in [6.07, 6.45) is -5.36. The lowest BCUT2D eigenvalue weighted by molar-refractivity contribution is -0.130. The number of alkyl halides is 3. The minimum absolute atomic E-state index is 0.120. The van der Waals surface area contributed by atoms with E-state index >= 15 is 0 Å². The molecule has 0 fully saturated rings. The van der Waals surface area contributed by atoms with E-state index in [0.29, 0.717) is 6.42 Å². The summed E-state index contributed by atoms with van der Waals surface area (Å²) >= 11 is 0. The molecule has 0 saturated carbocycles. The van der Waals surface area contributed by atoms with E-state index in [9.17, 15) is 18.0 Å². The SMILES string of the molecule is CCOC(=O)c1oc(CC(F)(F)F)nc1CC(C)C. The highest BCUT2D eigenvalue weighted by Gasteiger charge is 2.32. The van der Waals surface area contributed by atoms with E-state index < -0.39 is 24.5 Å². The Labute approximate surface area is 109 Å². The average molecular weight is 279 g/mol. The van der Waals surface area contributed by atoms with Crippen molar-refractivity contribution in [3.8, 4) is 0 Å². The Morgan fingerprint density at radius 1 is 1.42 bits per heavy atom. The third-order valence-corrected chi connectivity index (χ3v) is 2.16. The molecule has 1 heterocycles. The lowest BCUT2D eigenvalue weighted by Gasteiger charge is -2.02. The lowest BCUT2D eigenvalue weighted by Crippen LogP contribution is -2.11. The second kappa shape index (κ2) is 6.08. The first kappa shape index (κ1) is 15.5. The van der Waals surface area contributed by atoms with E-state index in [1.165, 1.54) is 0 Å². The summed E-state index contributed by atoms with van der Waals surface area (Å²) in [6, 6.07) is 0. The van der Waals surface area contributed by atoms with Gasteiger partial charge in [0.25, 0.3) is 0 Å². The third-order valence-electron chi connectivity index (χ3n) is 2.16. The van der Waals surface area contributed by atoms with Crippen molar-refractivity contribution in [2.45, 2.75) is 39.8 Å². The largest absolute Gasteiger partial charge is 0.460 e. The van der Waals surface area contributed by atoms with Gasteiger partial charge in [0.05, 0.1) is 12.3 Å². The summed E-state index contributed by atoms with van der Waals surface area (Å²) in [5.41, 5.74) is 0.215. The molecule has 0 bridgehead atoms. The molecule has 1 rings (SSSR count). The average Bonchev–Trinajstić information content (AvgIpc) is 2.57. The van der Waals surface area contributed by atoms with Gasteiger partial charge in [-0.1, -0.05) is 13.8 Å². The van der Waals surface area contributed by atoms with Gasteiger partial charge in [0, 0.05) is 0 Å². The van der Waals surface area contributed by atoms with Crippen LogP contribution in [0.2, 0.25) is 0 Å². The summed E-state index contributed by atoms with van der Waals surface area (Å²) in [4.78, 5) is 15.3. The normalized spacial score (nSPS) is 11.9. The second-order valence-corrected chi connectivity index (χ2v) is 4.49. The zero-order chi connectivity index (χ0) is 14.6.